The van der Waals surface area contributed by atoms with Gasteiger partial charge in [0.05, 0.1) is 12.2 Å². The van der Waals surface area contributed by atoms with Gasteiger partial charge in [-0.05, 0) is 38.9 Å². The Labute approximate surface area is 130 Å². The number of aromatic nitrogens is 1. The molecule has 1 aliphatic carbocycles. The Morgan fingerprint density at radius 2 is 2.24 bits per heavy atom. The number of hydrogen-bond acceptors (Lipinski definition) is 4. The molecule has 0 saturated heterocycles. The summed E-state index contributed by atoms with van der Waals surface area (Å²) >= 11 is 2.00. The lowest BCUT2D eigenvalue weighted by Crippen LogP contribution is -2.42. The lowest BCUT2D eigenvalue weighted by Gasteiger charge is -2.24. The van der Waals surface area contributed by atoms with Crippen LogP contribution in [0.15, 0.2) is 4.42 Å². The van der Waals surface area contributed by atoms with Gasteiger partial charge in [-0.3, -0.25) is 0 Å². The van der Waals surface area contributed by atoms with Crippen molar-refractivity contribution in [1.29, 1.82) is 0 Å². The number of thioether (sulfide) groups is 1. The third-order valence-corrected chi connectivity index (χ3v) is 5.32. The standard InChI is InChI=1S/C15H25N3O2S/c1-5-21-13-7-6-12(8-13)18(4)15(19)16-9-14-17-10(2)11(3)20-14/h12-13H,5-9H2,1-4H3,(H,16,19). The van der Waals surface area contributed by atoms with Gasteiger partial charge in [0.1, 0.15) is 5.76 Å². The van der Waals surface area contributed by atoms with Gasteiger partial charge >= 0.3 is 6.03 Å². The first kappa shape index (κ1) is 16.2. The molecular formula is C15H25N3O2S. The molecule has 118 valence electrons. The zero-order chi connectivity index (χ0) is 15.4. The van der Waals surface area contributed by atoms with E-state index < -0.39 is 0 Å². The molecule has 0 aromatic carbocycles. The van der Waals surface area contributed by atoms with Gasteiger partial charge in [-0.15, -0.1) is 0 Å². The molecule has 2 unspecified atom stereocenters. The van der Waals surface area contributed by atoms with Crippen LogP contribution < -0.4 is 5.32 Å². The molecule has 0 spiro atoms. The molecule has 1 fully saturated rings. The van der Waals surface area contributed by atoms with Crippen molar-refractivity contribution in [3.8, 4) is 0 Å². The average Bonchev–Trinajstić information content (AvgIpc) is 3.03. The SMILES string of the molecule is CCSC1CCC(N(C)C(=O)NCc2nc(C)c(C)o2)C1. The molecule has 1 aromatic rings. The second-order valence-electron chi connectivity index (χ2n) is 5.56. The van der Waals surface area contributed by atoms with Crippen LogP contribution >= 0.6 is 11.8 Å². The van der Waals surface area contributed by atoms with Crippen molar-refractivity contribution in [2.45, 2.75) is 57.9 Å². The van der Waals surface area contributed by atoms with Crippen LogP contribution in [0.1, 0.15) is 43.5 Å². The van der Waals surface area contributed by atoms with Crippen molar-refractivity contribution in [2.24, 2.45) is 0 Å². The second kappa shape index (κ2) is 7.20. The van der Waals surface area contributed by atoms with Crippen molar-refractivity contribution < 1.29 is 9.21 Å². The van der Waals surface area contributed by atoms with Crippen molar-refractivity contribution in [2.75, 3.05) is 12.8 Å². The minimum atomic E-state index is -0.0457. The number of carbonyl (C=O) groups excluding carboxylic acids is 1. The Kier molecular flexibility index (Phi) is 5.56. The zero-order valence-corrected chi connectivity index (χ0v) is 14.1. The fourth-order valence-corrected chi connectivity index (χ4v) is 3.85. The summed E-state index contributed by atoms with van der Waals surface area (Å²) in [6.07, 6.45) is 3.40. The first-order valence-corrected chi connectivity index (χ1v) is 8.61. The smallest absolute Gasteiger partial charge is 0.317 e. The van der Waals surface area contributed by atoms with Gasteiger partial charge in [0.2, 0.25) is 5.89 Å². The molecule has 0 radical (unpaired) electrons. The number of nitrogens with one attached hydrogen (secondary N) is 1. The molecule has 0 bridgehead atoms. The number of oxazole rings is 1. The fourth-order valence-electron chi connectivity index (χ4n) is 2.71. The highest BCUT2D eigenvalue weighted by Crippen LogP contribution is 2.32. The number of rotatable bonds is 5. The highest BCUT2D eigenvalue weighted by Gasteiger charge is 2.29. The van der Waals surface area contributed by atoms with Gasteiger partial charge in [0.25, 0.3) is 0 Å². The lowest BCUT2D eigenvalue weighted by molar-refractivity contribution is 0.189. The third kappa shape index (κ3) is 4.15. The van der Waals surface area contributed by atoms with Crippen LogP contribution in [-0.4, -0.2) is 40.0 Å². The van der Waals surface area contributed by atoms with Gasteiger partial charge < -0.3 is 14.6 Å². The van der Waals surface area contributed by atoms with Crippen LogP contribution in [0.2, 0.25) is 0 Å². The minimum absolute atomic E-state index is 0.0457. The maximum atomic E-state index is 12.2. The Morgan fingerprint density at radius 3 is 2.86 bits per heavy atom. The topological polar surface area (TPSA) is 58.4 Å². The molecule has 2 rings (SSSR count). The predicted octanol–water partition coefficient (Wildman–Crippen LogP) is 3.11. The van der Waals surface area contributed by atoms with E-state index in [1.165, 1.54) is 6.42 Å². The van der Waals surface area contributed by atoms with Crippen molar-refractivity contribution in [3.05, 3.63) is 17.3 Å². The lowest BCUT2D eigenvalue weighted by atomic mass is 10.2. The van der Waals surface area contributed by atoms with E-state index in [0.717, 1.165) is 30.0 Å². The maximum Gasteiger partial charge on any atom is 0.317 e. The summed E-state index contributed by atoms with van der Waals surface area (Å²) in [6, 6.07) is 0.303. The summed E-state index contributed by atoms with van der Waals surface area (Å²) in [6.45, 7) is 6.32. The van der Waals surface area contributed by atoms with Crippen LogP contribution in [0.5, 0.6) is 0 Å². The molecule has 0 aliphatic heterocycles. The zero-order valence-electron chi connectivity index (χ0n) is 13.3. The quantitative estimate of drug-likeness (QED) is 0.908. The molecular weight excluding hydrogens is 286 g/mol. The van der Waals surface area contributed by atoms with Crippen LogP contribution in [0.3, 0.4) is 0 Å². The molecule has 1 heterocycles. The summed E-state index contributed by atoms with van der Waals surface area (Å²) in [7, 11) is 1.88. The van der Waals surface area contributed by atoms with Gasteiger partial charge in [-0.25, -0.2) is 9.78 Å². The number of amides is 2. The monoisotopic (exact) mass is 311 g/mol. The molecule has 1 aromatic heterocycles. The van der Waals surface area contributed by atoms with E-state index in [1.807, 2.05) is 37.6 Å². The maximum absolute atomic E-state index is 12.2. The highest BCUT2D eigenvalue weighted by molar-refractivity contribution is 7.99. The van der Waals surface area contributed by atoms with Crippen LogP contribution in [-0.2, 0) is 6.54 Å². The van der Waals surface area contributed by atoms with Gasteiger partial charge in [-0.1, -0.05) is 6.92 Å². The van der Waals surface area contributed by atoms with E-state index in [9.17, 15) is 4.79 Å². The summed E-state index contributed by atoms with van der Waals surface area (Å²) in [5.41, 5.74) is 0.878. The largest absolute Gasteiger partial charge is 0.444 e. The van der Waals surface area contributed by atoms with Gasteiger partial charge in [0, 0.05) is 18.3 Å². The Hall–Kier alpha value is -1.17. The summed E-state index contributed by atoms with van der Waals surface area (Å²) in [4.78, 5) is 18.3. The van der Waals surface area contributed by atoms with Crippen molar-refractivity contribution in [1.82, 2.24) is 15.2 Å². The Balaban J connectivity index is 1.80. The Morgan fingerprint density at radius 1 is 1.48 bits per heavy atom. The first-order chi connectivity index (χ1) is 10.0. The normalized spacial score (nSPS) is 21.5. The molecule has 2 amide bonds. The summed E-state index contributed by atoms with van der Waals surface area (Å²) < 4.78 is 5.47. The molecule has 1 aliphatic rings. The summed E-state index contributed by atoms with van der Waals surface area (Å²) in [5, 5.41) is 3.59. The van der Waals surface area contributed by atoms with Crippen molar-refractivity contribution >= 4 is 17.8 Å². The first-order valence-electron chi connectivity index (χ1n) is 7.56. The molecule has 6 heteroatoms. The third-order valence-electron chi connectivity index (χ3n) is 4.09. The number of aryl methyl sites for hydroxylation is 2. The van der Waals surface area contributed by atoms with Gasteiger partial charge in [-0.2, -0.15) is 11.8 Å². The average molecular weight is 311 g/mol. The van der Waals surface area contributed by atoms with Crippen molar-refractivity contribution in [3.63, 3.8) is 0 Å². The highest BCUT2D eigenvalue weighted by atomic mass is 32.2. The summed E-state index contributed by atoms with van der Waals surface area (Å²) in [5.74, 6) is 2.52. The number of hydrogen-bond donors (Lipinski definition) is 1. The second-order valence-corrected chi connectivity index (χ2v) is 7.14. The molecule has 1 N–H and O–H groups in total. The molecule has 21 heavy (non-hydrogen) atoms. The molecule has 1 saturated carbocycles. The molecule has 5 nitrogen and oxygen atoms in total. The number of carbonyl (C=O) groups is 1. The van der Waals surface area contributed by atoms with E-state index in [1.54, 1.807) is 0 Å². The van der Waals surface area contributed by atoms with Crippen LogP contribution in [0, 0.1) is 13.8 Å². The number of urea groups is 1. The Bertz CT molecular complexity index is 470. The predicted molar refractivity (Wildman–Crippen MR) is 85.5 cm³/mol. The number of nitrogens with zero attached hydrogens (tertiary/aromatic N) is 2. The van der Waals surface area contributed by atoms with Crippen LogP contribution in [0.4, 0.5) is 4.79 Å². The molecule has 2 atom stereocenters. The van der Waals surface area contributed by atoms with E-state index in [4.69, 9.17) is 4.42 Å². The fraction of sp³-hybridized carbons (Fsp3) is 0.733. The van der Waals surface area contributed by atoms with E-state index in [0.29, 0.717) is 23.7 Å². The van der Waals surface area contributed by atoms with Crippen LogP contribution in [0.25, 0.3) is 0 Å². The van der Waals surface area contributed by atoms with Gasteiger partial charge in [0.15, 0.2) is 0 Å². The van der Waals surface area contributed by atoms with E-state index in [-0.39, 0.29) is 6.03 Å². The van der Waals surface area contributed by atoms with E-state index in [2.05, 4.69) is 17.2 Å². The van der Waals surface area contributed by atoms with E-state index >= 15 is 0 Å². The minimum Gasteiger partial charge on any atom is -0.444 e.